The molecule has 3 aromatic carbocycles. The van der Waals surface area contributed by atoms with Gasteiger partial charge in [-0.25, -0.2) is 9.31 Å². The second kappa shape index (κ2) is 9.19. The number of carbonyl (C=O) groups excluding carboxylic acids is 1. The zero-order chi connectivity index (χ0) is 25.4. The van der Waals surface area contributed by atoms with Crippen LogP contribution in [0.5, 0.6) is 5.75 Å². The lowest BCUT2D eigenvalue weighted by molar-refractivity contribution is -0.384. The maximum Gasteiger partial charge on any atom is 0.343 e. The van der Waals surface area contributed by atoms with Gasteiger partial charge in [-0.2, -0.15) is 0 Å². The molecule has 1 N–H and O–H groups in total. The van der Waals surface area contributed by atoms with Crippen molar-refractivity contribution in [2.75, 3.05) is 32.5 Å². The number of ether oxygens (including phenoxy) is 1. The molecule has 2 heterocycles. The number of fused-ring (bicyclic) bond motifs is 2. The summed E-state index contributed by atoms with van der Waals surface area (Å²) in [6.45, 7) is 1.59. The van der Waals surface area contributed by atoms with Crippen LogP contribution in [0, 0.1) is 10.1 Å². The van der Waals surface area contributed by atoms with Crippen LogP contribution in [-0.4, -0.2) is 57.8 Å². The fourth-order valence-electron chi connectivity index (χ4n) is 4.14. The molecule has 0 amide bonds. The van der Waals surface area contributed by atoms with Crippen molar-refractivity contribution in [1.82, 2.24) is 19.7 Å². The Morgan fingerprint density at radius 3 is 2.64 bits per heavy atom. The first-order chi connectivity index (χ1) is 17.3. The summed E-state index contributed by atoms with van der Waals surface area (Å²) in [5, 5.41) is 23.4. The minimum atomic E-state index is -0.695. The highest BCUT2D eigenvalue weighted by molar-refractivity contribution is 6.06. The molecule has 2 aromatic heterocycles. The van der Waals surface area contributed by atoms with Gasteiger partial charge in [0.1, 0.15) is 16.8 Å². The number of anilines is 1. The van der Waals surface area contributed by atoms with E-state index in [1.807, 2.05) is 26.2 Å². The molecule has 182 valence electrons. The minimum absolute atomic E-state index is 0.130. The standard InChI is InChI=1S/C25H22N6O5/c1-29(2)13-3-12-26-19-9-10-20-23-22(19)24(32)18-14-17(8-11-21(18)30(23)28-27-20)36-25(33)15-4-6-16(7-5-15)31(34)35/h4-11,14,26H,3,12-13H2,1-2H3. The van der Waals surface area contributed by atoms with Crippen molar-refractivity contribution >= 4 is 44.7 Å². The van der Waals surface area contributed by atoms with Gasteiger partial charge >= 0.3 is 5.97 Å². The number of pyridine rings is 1. The summed E-state index contributed by atoms with van der Waals surface area (Å²) in [5.74, 6) is -0.526. The number of rotatable bonds is 8. The van der Waals surface area contributed by atoms with Crippen molar-refractivity contribution < 1.29 is 14.5 Å². The molecule has 0 radical (unpaired) electrons. The molecule has 0 unspecified atom stereocenters. The van der Waals surface area contributed by atoms with Gasteiger partial charge in [0, 0.05) is 24.4 Å². The third kappa shape index (κ3) is 4.16. The SMILES string of the molecule is CN(C)CCCNc1ccc2nnn3c4ccc(OC(=O)c5ccc([N+](=O)[O-])cc5)cc4c(=O)c1c23. The summed E-state index contributed by atoms with van der Waals surface area (Å²) in [6, 6.07) is 13.5. The quantitative estimate of drug-likeness (QED) is 0.0876. The molecule has 0 saturated heterocycles. The van der Waals surface area contributed by atoms with E-state index in [0.29, 0.717) is 39.6 Å². The van der Waals surface area contributed by atoms with Gasteiger partial charge in [0.05, 0.1) is 26.8 Å². The van der Waals surface area contributed by atoms with Gasteiger partial charge in [0.25, 0.3) is 5.69 Å². The van der Waals surface area contributed by atoms with Crippen molar-refractivity contribution in [2.24, 2.45) is 0 Å². The van der Waals surface area contributed by atoms with Crippen LogP contribution in [0.15, 0.2) is 59.4 Å². The van der Waals surface area contributed by atoms with Gasteiger partial charge in [0.15, 0.2) is 5.43 Å². The Morgan fingerprint density at radius 2 is 1.92 bits per heavy atom. The van der Waals surface area contributed by atoms with E-state index in [4.69, 9.17) is 4.74 Å². The molecule has 5 rings (SSSR count). The van der Waals surface area contributed by atoms with Crippen molar-refractivity contribution in [3.8, 4) is 5.75 Å². The molecule has 0 bridgehead atoms. The zero-order valence-corrected chi connectivity index (χ0v) is 19.6. The van der Waals surface area contributed by atoms with Crippen LogP contribution in [0.2, 0.25) is 0 Å². The fourth-order valence-corrected chi connectivity index (χ4v) is 4.14. The van der Waals surface area contributed by atoms with E-state index in [1.165, 1.54) is 30.3 Å². The number of nitrogens with one attached hydrogen (secondary N) is 1. The largest absolute Gasteiger partial charge is 0.423 e. The molecule has 0 saturated carbocycles. The number of nitrogens with zero attached hydrogens (tertiary/aromatic N) is 5. The van der Waals surface area contributed by atoms with Gasteiger partial charge in [-0.15, -0.1) is 5.10 Å². The second-order valence-corrected chi connectivity index (χ2v) is 8.64. The molecular formula is C25H22N6O5. The van der Waals surface area contributed by atoms with Crippen LogP contribution in [0.4, 0.5) is 11.4 Å². The number of esters is 1. The third-order valence-corrected chi connectivity index (χ3v) is 5.90. The molecule has 0 aliphatic heterocycles. The summed E-state index contributed by atoms with van der Waals surface area (Å²) < 4.78 is 7.08. The topological polar surface area (TPSA) is 132 Å². The number of hydrogen-bond acceptors (Lipinski definition) is 9. The Balaban J connectivity index is 1.52. The Morgan fingerprint density at radius 1 is 1.14 bits per heavy atom. The van der Waals surface area contributed by atoms with Gasteiger partial charge in [-0.1, -0.05) is 5.21 Å². The van der Waals surface area contributed by atoms with Crippen molar-refractivity contribution in [3.05, 3.63) is 80.5 Å². The average Bonchev–Trinajstić information content (AvgIpc) is 3.30. The van der Waals surface area contributed by atoms with Gasteiger partial charge in [-0.3, -0.25) is 14.9 Å². The molecule has 11 heteroatoms. The highest BCUT2D eigenvalue weighted by Gasteiger charge is 2.19. The first-order valence-electron chi connectivity index (χ1n) is 11.3. The van der Waals surface area contributed by atoms with Gasteiger partial charge in [-0.05, 0) is 69.5 Å². The van der Waals surface area contributed by atoms with E-state index >= 15 is 0 Å². The highest BCUT2D eigenvalue weighted by Crippen LogP contribution is 2.29. The summed E-state index contributed by atoms with van der Waals surface area (Å²) in [7, 11) is 4.01. The monoisotopic (exact) mass is 486 g/mol. The normalized spacial score (nSPS) is 11.5. The van der Waals surface area contributed by atoms with Crippen LogP contribution in [0.25, 0.3) is 27.3 Å². The Labute approximate surface area is 204 Å². The van der Waals surface area contributed by atoms with Crippen molar-refractivity contribution in [1.29, 1.82) is 0 Å². The maximum atomic E-state index is 13.6. The summed E-state index contributed by atoms with van der Waals surface area (Å²) in [5.41, 5.74) is 2.25. The number of benzene rings is 3. The molecule has 5 aromatic rings. The molecule has 11 nitrogen and oxygen atoms in total. The van der Waals surface area contributed by atoms with E-state index in [0.717, 1.165) is 13.0 Å². The van der Waals surface area contributed by atoms with Crippen molar-refractivity contribution in [3.63, 3.8) is 0 Å². The first-order valence-corrected chi connectivity index (χ1v) is 11.3. The van der Waals surface area contributed by atoms with E-state index in [9.17, 15) is 19.7 Å². The number of non-ortho nitro benzene ring substituents is 1. The zero-order valence-electron chi connectivity index (χ0n) is 19.6. The Bertz CT molecular complexity index is 1660. The predicted octanol–water partition coefficient (Wildman–Crippen LogP) is 3.32. The summed E-state index contributed by atoms with van der Waals surface area (Å²) in [4.78, 5) is 38.6. The van der Waals surface area contributed by atoms with Gasteiger partial charge < -0.3 is 15.0 Å². The maximum absolute atomic E-state index is 13.6. The fraction of sp³-hybridized carbons (Fsp3) is 0.200. The lowest BCUT2D eigenvalue weighted by Crippen LogP contribution is -2.17. The molecule has 36 heavy (non-hydrogen) atoms. The predicted molar refractivity (Wildman–Crippen MR) is 135 cm³/mol. The molecule has 0 aliphatic rings. The van der Waals surface area contributed by atoms with Crippen LogP contribution in [0.3, 0.4) is 0 Å². The number of carbonyl (C=O) groups is 1. The van der Waals surface area contributed by atoms with Crippen LogP contribution < -0.4 is 15.5 Å². The van der Waals surface area contributed by atoms with E-state index in [-0.39, 0.29) is 22.4 Å². The van der Waals surface area contributed by atoms with E-state index in [2.05, 4.69) is 20.5 Å². The summed E-state index contributed by atoms with van der Waals surface area (Å²) in [6.07, 6.45) is 0.898. The lowest BCUT2D eigenvalue weighted by Gasteiger charge is -2.13. The van der Waals surface area contributed by atoms with E-state index < -0.39 is 10.9 Å². The first kappa shape index (κ1) is 23.1. The lowest BCUT2D eigenvalue weighted by atomic mass is 10.1. The highest BCUT2D eigenvalue weighted by atomic mass is 16.6. The van der Waals surface area contributed by atoms with Gasteiger partial charge in [0.2, 0.25) is 0 Å². The number of aromatic nitrogens is 3. The van der Waals surface area contributed by atoms with E-state index in [1.54, 1.807) is 16.6 Å². The second-order valence-electron chi connectivity index (χ2n) is 8.64. The molecule has 0 spiro atoms. The Kier molecular flexibility index (Phi) is 5.90. The molecule has 0 fully saturated rings. The molecule has 0 atom stereocenters. The smallest absolute Gasteiger partial charge is 0.343 e. The third-order valence-electron chi connectivity index (χ3n) is 5.90. The van der Waals surface area contributed by atoms with Crippen LogP contribution in [0.1, 0.15) is 16.8 Å². The van der Waals surface area contributed by atoms with Crippen LogP contribution >= 0.6 is 0 Å². The molecule has 0 aliphatic carbocycles. The molecular weight excluding hydrogens is 464 g/mol. The van der Waals surface area contributed by atoms with Crippen molar-refractivity contribution in [2.45, 2.75) is 6.42 Å². The Hall–Kier alpha value is -4.64. The average molecular weight is 486 g/mol. The minimum Gasteiger partial charge on any atom is -0.423 e. The summed E-state index contributed by atoms with van der Waals surface area (Å²) >= 11 is 0. The number of nitro groups is 1. The number of hydrogen-bond donors (Lipinski definition) is 1. The van der Waals surface area contributed by atoms with Crippen LogP contribution in [-0.2, 0) is 0 Å². The number of nitro benzene ring substituents is 1.